The molecule has 0 radical (unpaired) electrons. The lowest BCUT2D eigenvalue weighted by Gasteiger charge is -2.28. The number of hydrogen-bond acceptors (Lipinski definition) is 1. The number of benzene rings is 2. The van der Waals surface area contributed by atoms with Crippen LogP contribution < -0.4 is 4.74 Å². The van der Waals surface area contributed by atoms with Crippen molar-refractivity contribution >= 4 is 0 Å². The first-order valence-electron chi connectivity index (χ1n) is 13.8. The fraction of sp³-hybridized carbons (Fsp3) is 0.613. The maximum Gasteiger partial charge on any atom is 0.166 e. The Balaban J connectivity index is 1.28. The molecule has 0 saturated heterocycles. The van der Waals surface area contributed by atoms with Crippen molar-refractivity contribution in [1.82, 2.24) is 0 Å². The van der Waals surface area contributed by atoms with Crippen LogP contribution in [-0.4, -0.2) is 6.61 Å². The molecule has 2 aliphatic rings. The zero-order chi connectivity index (χ0) is 23.9. The highest BCUT2D eigenvalue weighted by Gasteiger charge is 2.25. The van der Waals surface area contributed by atoms with Crippen molar-refractivity contribution in [3.8, 4) is 16.9 Å². The summed E-state index contributed by atoms with van der Waals surface area (Å²) in [5, 5.41) is 0. The van der Waals surface area contributed by atoms with E-state index in [1.165, 1.54) is 44.9 Å². The summed E-state index contributed by atoms with van der Waals surface area (Å²) in [5.41, 5.74) is 1.57. The maximum atomic E-state index is 15.0. The normalized spacial score (nSPS) is 25.3. The minimum absolute atomic E-state index is 0.141. The van der Waals surface area contributed by atoms with E-state index in [9.17, 15) is 8.78 Å². The molecule has 3 heteroatoms. The molecule has 2 saturated carbocycles. The molecule has 0 spiro atoms. The molecule has 0 aromatic heterocycles. The van der Waals surface area contributed by atoms with Crippen molar-refractivity contribution in [3.63, 3.8) is 0 Å². The van der Waals surface area contributed by atoms with Crippen LogP contribution in [-0.2, 0) is 0 Å². The minimum atomic E-state index is -0.723. The predicted octanol–water partition coefficient (Wildman–Crippen LogP) is 9.69. The van der Waals surface area contributed by atoms with Crippen molar-refractivity contribution in [1.29, 1.82) is 0 Å². The standard InChI is InChI=1S/C31H42F2O/c1-3-4-5-23-8-10-24(11-9-23)20-21-34-27-16-14-26(15-17-27)29-19-18-28(30(32)31(29)33)25-12-6-22(2)7-13-25/h14-19,22-25H,3-13,20-21H2,1-2H3. The summed E-state index contributed by atoms with van der Waals surface area (Å²) in [6, 6.07) is 11.0. The molecule has 2 aliphatic carbocycles. The summed E-state index contributed by atoms with van der Waals surface area (Å²) in [6.07, 6.45) is 14.7. The number of unbranched alkanes of at least 4 members (excludes halogenated alkanes) is 1. The zero-order valence-corrected chi connectivity index (χ0v) is 21.1. The topological polar surface area (TPSA) is 9.23 Å². The third kappa shape index (κ3) is 6.40. The Bertz CT molecular complexity index is 890. The fourth-order valence-corrected chi connectivity index (χ4v) is 6.05. The first kappa shape index (κ1) is 25.2. The van der Waals surface area contributed by atoms with Crippen LogP contribution in [0.3, 0.4) is 0 Å². The molecule has 0 N–H and O–H groups in total. The van der Waals surface area contributed by atoms with Crippen LogP contribution in [0.5, 0.6) is 5.75 Å². The summed E-state index contributed by atoms with van der Waals surface area (Å²) < 4.78 is 35.9. The molecule has 0 bridgehead atoms. The monoisotopic (exact) mass is 468 g/mol. The Morgan fingerprint density at radius 3 is 2.06 bits per heavy atom. The van der Waals surface area contributed by atoms with Gasteiger partial charge < -0.3 is 4.74 Å². The number of hydrogen-bond donors (Lipinski definition) is 0. The molecule has 34 heavy (non-hydrogen) atoms. The van der Waals surface area contributed by atoms with E-state index < -0.39 is 11.6 Å². The van der Waals surface area contributed by atoms with Crippen LogP contribution in [0.1, 0.15) is 102 Å². The highest BCUT2D eigenvalue weighted by molar-refractivity contribution is 5.65. The Labute approximate surface area is 205 Å². The van der Waals surface area contributed by atoms with Gasteiger partial charge in [-0.1, -0.05) is 95.9 Å². The van der Waals surface area contributed by atoms with Gasteiger partial charge in [-0.25, -0.2) is 8.78 Å². The highest BCUT2D eigenvalue weighted by Crippen LogP contribution is 2.39. The highest BCUT2D eigenvalue weighted by atomic mass is 19.2. The minimum Gasteiger partial charge on any atom is -0.494 e. The Hall–Kier alpha value is -1.90. The molecule has 0 heterocycles. The van der Waals surface area contributed by atoms with E-state index in [0.717, 1.165) is 56.3 Å². The first-order chi connectivity index (χ1) is 16.5. The molecule has 186 valence electrons. The van der Waals surface area contributed by atoms with E-state index in [0.29, 0.717) is 22.6 Å². The Kier molecular flexibility index (Phi) is 9.03. The summed E-state index contributed by atoms with van der Waals surface area (Å²) in [7, 11) is 0. The summed E-state index contributed by atoms with van der Waals surface area (Å²) in [4.78, 5) is 0. The van der Waals surface area contributed by atoms with Gasteiger partial charge in [-0.15, -0.1) is 0 Å². The van der Waals surface area contributed by atoms with Crippen LogP contribution in [0.2, 0.25) is 0 Å². The lowest BCUT2D eigenvalue weighted by Crippen LogP contribution is -2.16. The second kappa shape index (κ2) is 12.2. The van der Waals surface area contributed by atoms with Crippen molar-refractivity contribution in [2.45, 2.75) is 96.8 Å². The van der Waals surface area contributed by atoms with Gasteiger partial charge in [0.1, 0.15) is 5.75 Å². The third-order valence-corrected chi connectivity index (χ3v) is 8.46. The number of ether oxygens (including phenoxy) is 1. The van der Waals surface area contributed by atoms with Crippen LogP contribution in [0.4, 0.5) is 8.78 Å². The Morgan fingerprint density at radius 1 is 0.765 bits per heavy atom. The number of halogens is 2. The van der Waals surface area contributed by atoms with Crippen molar-refractivity contribution < 1.29 is 13.5 Å². The van der Waals surface area contributed by atoms with Gasteiger partial charge >= 0.3 is 0 Å². The van der Waals surface area contributed by atoms with Crippen LogP contribution in [0, 0.1) is 29.4 Å². The van der Waals surface area contributed by atoms with E-state index in [1.54, 1.807) is 12.1 Å². The average Bonchev–Trinajstić information content (AvgIpc) is 2.86. The molecular weight excluding hydrogens is 426 g/mol. The van der Waals surface area contributed by atoms with Gasteiger partial charge in [0, 0.05) is 5.56 Å². The largest absolute Gasteiger partial charge is 0.494 e. The maximum absolute atomic E-state index is 15.0. The lowest BCUT2D eigenvalue weighted by atomic mass is 9.79. The molecule has 4 rings (SSSR count). The van der Waals surface area contributed by atoms with E-state index >= 15 is 0 Å². The lowest BCUT2D eigenvalue weighted by molar-refractivity contribution is 0.210. The van der Waals surface area contributed by atoms with Crippen LogP contribution >= 0.6 is 0 Å². The molecule has 0 aliphatic heterocycles. The van der Waals surface area contributed by atoms with Gasteiger partial charge in [0.15, 0.2) is 11.6 Å². The molecule has 2 aromatic rings. The second-order valence-electron chi connectivity index (χ2n) is 11.0. The molecule has 2 fully saturated rings. The van der Waals surface area contributed by atoms with E-state index in [2.05, 4.69) is 13.8 Å². The van der Waals surface area contributed by atoms with E-state index in [1.807, 2.05) is 24.3 Å². The van der Waals surface area contributed by atoms with Crippen LogP contribution in [0.15, 0.2) is 36.4 Å². The van der Waals surface area contributed by atoms with Crippen LogP contribution in [0.25, 0.3) is 11.1 Å². The average molecular weight is 469 g/mol. The molecular formula is C31H42F2O. The Morgan fingerprint density at radius 2 is 1.41 bits per heavy atom. The zero-order valence-electron chi connectivity index (χ0n) is 21.1. The smallest absolute Gasteiger partial charge is 0.166 e. The fourth-order valence-electron chi connectivity index (χ4n) is 6.05. The molecule has 2 aromatic carbocycles. The second-order valence-corrected chi connectivity index (χ2v) is 11.0. The van der Waals surface area contributed by atoms with E-state index in [-0.39, 0.29) is 5.92 Å². The first-order valence-corrected chi connectivity index (χ1v) is 13.8. The summed E-state index contributed by atoms with van der Waals surface area (Å²) >= 11 is 0. The molecule has 1 nitrogen and oxygen atoms in total. The van der Waals surface area contributed by atoms with Gasteiger partial charge in [0.05, 0.1) is 6.61 Å². The summed E-state index contributed by atoms with van der Waals surface area (Å²) in [5.74, 6) is 1.96. The quantitative estimate of drug-likeness (QED) is 0.356. The number of rotatable bonds is 9. The third-order valence-electron chi connectivity index (χ3n) is 8.46. The van der Waals surface area contributed by atoms with Crippen molar-refractivity contribution in [3.05, 3.63) is 53.6 Å². The van der Waals surface area contributed by atoms with Gasteiger partial charge in [0.2, 0.25) is 0 Å². The van der Waals surface area contributed by atoms with E-state index in [4.69, 9.17) is 4.74 Å². The SMILES string of the molecule is CCCCC1CCC(CCOc2ccc(-c3ccc(C4CCC(C)CC4)c(F)c3F)cc2)CC1. The van der Waals surface area contributed by atoms with Crippen molar-refractivity contribution in [2.75, 3.05) is 6.61 Å². The van der Waals surface area contributed by atoms with Crippen molar-refractivity contribution in [2.24, 2.45) is 17.8 Å². The molecule has 0 atom stereocenters. The molecule has 0 amide bonds. The van der Waals surface area contributed by atoms with Gasteiger partial charge in [-0.2, -0.15) is 0 Å². The van der Waals surface area contributed by atoms with Gasteiger partial charge in [-0.3, -0.25) is 0 Å². The van der Waals surface area contributed by atoms with Gasteiger partial charge in [-0.05, 0) is 66.2 Å². The predicted molar refractivity (Wildman–Crippen MR) is 137 cm³/mol. The summed E-state index contributed by atoms with van der Waals surface area (Å²) in [6.45, 7) is 5.24. The van der Waals surface area contributed by atoms with Gasteiger partial charge in [0.25, 0.3) is 0 Å². The molecule has 0 unspecified atom stereocenters.